The van der Waals surface area contributed by atoms with Crippen LogP contribution < -0.4 is 5.73 Å². The molecule has 0 saturated carbocycles. The van der Waals surface area contributed by atoms with Gasteiger partial charge in [0.2, 0.25) is 5.89 Å². The molecule has 0 fully saturated rings. The summed E-state index contributed by atoms with van der Waals surface area (Å²) in [6.07, 6.45) is 0. The van der Waals surface area contributed by atoms with Gasteiger partial charge in [-0.05, 0) is 36.8 Å². The molecule has 0 amide bonds. The molecule has 0 saturated heterocycles. The molecule has 0 unspecified atom stereocenters. The molecule has 2 aromatic carbocycles. The minimum absolute atomic E-state index is 0.484. The Kier molecular flexibility index (Phi) is 2.99. The fourth-order valence-corrected chi connectivity index (χ4v) is 2.71. The summed E-state index contributed by atoms with van der Waals surface area (Å²) in [6, 6.07) is 9.41. The Morgan fingerprint density at radius 3 is 2.74 bits per heavy atom. The van der Waals surface area contributed by atoms with Gasteiger partial charge in [-0.15, -0.1) is 0 Å². The van der Waals surface area contributed by atoms with E-state index in [4.69, 9.17) is 21.8 Å². The number of benzene rings is 2. The Labute approximate surface area is 123 Å². The highest BCUT2D eigenvalue weighted by molar-refractivity contribution is 9.10. The van der Waals surface area contributed by atoms with Crippen molar-refractivity contribution in [3.8, 4) is 11.5 Å². The average molecular weight is 338 g/mol. The maximum atomic E-state index is 5.98. The molecule has 0 spiro atoms. The van der Waals surface area contributed by atoms with Crippen LogP contribution in [0.3, 0.4) is 0 Å². The largest absolute Gasteiger partial charge is 0.436 e. The topological polar surface area (TPSA) is 52.0 Å². The van der Waals surface area contributed by atoms with Gasteiger partial charge in [-0.1, -0.05) is 27.5 Å². The Morgan fingerprint density at radius 2 is 2.00 bits per heavy atom. The molecule has 96 valence electrons. The van der Waals surface area contributed by atoms with E-state index in [1.165, 1.54) is 0 Å². The lowest BCUT2D eigenvalue weighted by molar-refractivity contribution is 0.620. The average Bonchev–Trinajstić information content (AvgIpc) is 2.71. The normalized spacial score (nSPS) is 11.1. The van der Waals surface area contributed by atoms with E-state index in [2.05, 4.69) is 20.9 Å². The molecule has 19 heavy (non-hydrogen) atoms. The molecule has 0 aliphatic heterocycles. The summed E-state index contributed by atoms with van der Waals surface area (Å²) in [7, 11) is 0. The number of aryl methyl sites for hydroxylation is 1. The van der Waals surface area contributed by atoms with Crippen molar-refractivity contribution in [1.29, 1.82) is 0 Å². The van der Waals surface area contributed by atoms with Gasteiger partial charge in [-0.3, -0.25) is 0 Å². The maximum absolute atomic E-state index is 5.98. The second-order valence-electron chi connectivity index (χ2n) is 4.38. The highest BCUT2D eigenvalue weighted by Crippen LogP contribution is 2.31. The van der Waals surface area contributed by atoms with E-state index in [9.17, 15) is 0 Å². The lowest BCUT2D eigenvalue weighted by atomic mass is 10.1. The van der Waals surface area contributed by atoms with Crippen molar-refractivity contribution in [1.82, 2.24) is 4.98 Å². The van der Waals surface area contributed by atoms with Crippen LogP contribution >= 0.6 is 27.5 Å². The number of nitrogens with two attached hydrogens (primary N) is 1. The highest BCUT2D eigenvalue weighted by atomic mass is 79.9. The fourth-order valence-electron chi connectivity index (χ4n) is 1.95. The van der Waals surface area contributed by atoms with Crippen LogP contribution in [-0.4, -0.2) is 4.98 Å². The minimum Gasteiger partial charge on any atom is -0.436 e. The third-order valence-corrected chi connectivity index (χ3v) is 3.58. The van der Waals surface area contributed by atoms with Gasteiger partial charge in [0, 0.05) is 16.1 Å². The van der Waals surface area contributed by atoms with Crippen molar-refractivity contribution < 1.29 is 4.42 Å². The first-order valence-corrected chi connectivity index (χ1v) is 6.83. The van der Waals surface area contributed by atoms with Gasteiger partial charge in [-0.2, -0.15) is 0 Å². The number of hydrogen-bond donors (Lipinski definition) is 1. The van der Waals surface area contributed by atoms with E-state index in [0.29, 0.717) is 27.7 Å². The molecule has 0 bridgehead atoms. The number of anilines is 1. The number of aromatic nitrogens is 1. The SMILES string of the molecule is Cc1cc(Br)cc(-c2nc3cc(Cl)c(N)cc3o2)c1. The first-order valence-electron chi connectivity index (χ1n) is 5.66. The van der Waals surface area contributed by atoms with Crippen molar-refractivity contribution in [3.05, 3.63) is 45.4 Å². The van der Waals surface area contributed by atoms with Crippen LogP contribution in [0, 0.1) is 6.92 Å². The lowest BCUT2D eigenvalue weighted by Gasteiger charge is -1.99. The van der Waals surface area contributed by atoms with Crippen molar-refractivity contribution in [3.63, 3.8) is 0 Å². The second kappa shape index (κ2) is 4.54. The number of nitrogen functional groups attached to an aromatic ring is 1. The van der Waals surface area contributed by atoms with Crippen LogP contribution in [0.1, 0.15) is 5.56 Å². The molecule has 0 radical (unpaired) electrons. The van der Waals surface area contributed by atoms with Crippen molar-refractivity contribution in [2.75, 3.05) is 5.73 Å². The third kappa shape index (κ3) is 2.33. The Hall–Kier alpha value is -1.52. The Bertz CT molecular complexity index is 723. The zero-order chi connectivity index (χ0) is 13.6. The van der Waals surface area contributed by atoms with Gasteiger partial charge in [0.1, 0.15) is 5.52 Å². The molecule has 3 aromatic rings. The van der Waals surface area contributed by atoms with Gasteiger partial charge in [0.15, 0.2) is 5.58 Å². The van der Waals surface area contributed by atoms with E-state index in [-0.39, 0.29) is 0 Å². The first kappa shape index (κ1) is 12.5. The van der Waals surface area contributed by atoms with Crippen molar-refractivity contribution in [2.24, 2.45) is 0 Å². The molecule has 5 heteroatoms. The molecule has 2 N–H and O–H groups in total. The Balaban J connectivity index is 2.20. The van der Waals surface area contributed by atoms with Crippen LogP contribution in [0.15, 0.2) is 39.2 Å². The van der Waals surface area contributed by atoms with Crippen LogP contribution in [0.2, 0.25) is 5.02 Å². The van der Waals surface area contributed by atoms with Crippen molar-refractivity contribution in [2.45, 2.75) is 6.92 Å². The smallest absolute Gasteiger partial charge is 0.227 e. The second-order valence-corrected chi connectivity index (χ2v) is 5.70. The van der Waals surface area contributed by atoms with Crippen molar-refractivity contribution >= 4 is 44.3 Å². The number of nitrogens with zero attached hydrogens (tertiary/aromatic N) is 1. The van der Waals surface area contributed by atoms with E-state index in [1.807, 2.05) is 25.1 Å². The number of oxazole rings is 1. The zero-order valence-corrected chi connectivity index (χ0v) is 12.4. The summed E-state index contributed by atoms with van der Waals surface area (Å²) < 4.78 is 6.72. The summed E-state index contributed by atoms with van der Waals surface area (Å²) in [4.78, 5) is 4.44. The van der Waals surface area contributed by atoms with E-state index in [1.54, 1.807) is 12.1 Å². The van der Waals surface area contributed by atoms with Crippen LogP contribution in [-0.2, 0) is 0 Å². The van der Waals surface area contributed by atoms with Crippen LogP contribution in [0.4, 0.5) is 5.69 Å². The van der Waals surface area contributed by atoms with E-state index >= 15 is 0 Å². The van der Waals surface area contributed by atoms with Gasteiger partial charge in [0.25, 0.3) is 0 Å². The molecule has 0 aliphatic carbocycles. The number of halogens is 2. The predicted octanol–water partition coefficient (Wildman–Crippen LogP) is 4.80. The molecule has 3 nitrogen and oxygen atoms in total. The molecule has 0 aliphatic rings. The molecule has 1 heterocycles. The predicted molar refractivity (Wildman–Crippen MR) is 81.3 cm³/mol. The summed E-state index contributed by atoms with van der Waals surface area (Å²) in [5, 5.41) is 0.484. The number of fused-ring (bicyclic) bond motifs is 1. The van der Waals surface area contributed by atoms with E-state index < -0.39 is 0 Å². The molecule has 0 atom stereocenters. The van der Waals surface area contributed by atoms with Gasteiger partial charge >= 0.3 is 0 Å². The first-order chi connectivity index (χ1) is 9.02. The van der Waals surface area contributed by atoms with Gasteiger partial charge in [-0.25, -0.2) is 4.98 Å². The summed E-state index contributed by atoms with van der Waals surface area (Å²) in [5.74, 6) is 0.557. The molecular formula is C14H10BrClN2O. The van der Waals surface area contributed by atoms with Gasteiger partial charge in [0.05, 0.1) is 10.7 Å². The minimum atomic E-state index is 0.484. The van der Waals surface area contributed by atoms with E-state index in [0.717, 1.165) is 15.6 Å². The standard InChI is InChI=1S/C14H10BrClN2O/c1-7-2-8(4-9(15)3-7)14-18-12-5-10(16)11(17)6-13(12)19-14/h2-6H,17H2,1H3. The maximum Gasteiger partial charge on any atom is 0.227 e. The number of hydrogen-bond acceptors (Lipinski definition) is 3. The molecule has 3 rings (SSSR count). The lowest BCUT2D eigenvalue weighted by Crippen LogP contribution is -1.84. The summed E-state index contributed by atoms with van der Waals surface area (Å²) in [5.41, 5.74) is 9.62. The van der Waals surface area contributed by atoms with Crippen LogP contribution in [0.25, 0.3) is 22.6 Å². The highest BCUT2D eigenvalue weighted by Gasteiger charge is 2.11. The fraction of sp³-hybridized carbons (Fsp3) is 0.0714. The summed E-state index contributed by atoms with van der Waals surface area (Å²) in [6.45, 7) is 2.02. The third-order valence-electron chi connectivity index (χ3n) is 2.80. The number of rotatable bonds is 1. The van der Waals surface area contributed by atoms with Crippen LogP contribution in [0.5, 0.6) is 0 Å². The monoisotopic (exact) mass is 336 g/mol. The quantitative estimate of drug-likeness (QED) is 0.649. The van der Waals surface area contributed by atoms with Gasteiger partial charge < -0.3 is 10.2 Å². The molecular weight excluding hydrogens is 328 g/mol. The summed E-state index contributed by atoms with van der Waals surface area (Å²) >= 11 is 9.45. The molecule has 1 aromatic heterocycles. The zero-order valence-electron chi connectivity index (χ0n) is 10.1. The Morgan fingerprint density at radius 1 is 1.21 bits per heavy atom.